The van der Waals surface area contributed by atoms with Crippen molar-refractivity contribution in [2.75, 3.05) is 0 Å². The van der Waals surface area contributed by atoms with E-state index in [1.54, 1.807) is 13.0 Å². The maximum Gasteiger partial charge on any atom is 0.307 e. The minimum Gasteiger partial charge on any atom is -0.481 e. The molecule has 0 fully saturated rings. The number of nitrogens with zero attached hydrogens (tertiary/aromatic N) is 1. The molecular formula is C10H8ClNO2. The fraction of sp³-hybridized carbons (Fsp3) is 0.200. The number of benzene rings is 1. The standard InChI is InChI=1S/C10H8ClNO2/c1-6-2-8(5-12)7(3-9(6)11)4-10(13)14/h2-3H,4H2,1H3,(H,13,14). The van der Waals surface area contributed by atoms with Crippen LogP contribution in [0, 0.1) is 18.3 Å². The Morgan fingerprint density at radius 3 is 2.79 bits per heavy atom. The van der Waals surface area contributed by atoms with Crippen molar-refractivity contribution in [1.82, 2.24) is 0 Å². The lowest BCUT2D eigenvalue weighted by atomic mass is 10.0. The van der Waals surface area contributed by atoms with Crippen molar-refractivity contribution in [3.8, 4) is 6.07 Å². The molecule has 0 aliphatic rings. The van der Waals surface area contributed by atoms with Gasteiger partial charge in [-0.2, -0.15) is 5.26 Å². The summed E-state index contributed by atoms with van der Waals surface area (Å²) in [5.41, 5.74) is 1.60. The molecule has 72 valence electrons. The zero-order valence-corrected chi connectivity index (χ0v) is 8.30. The van der Waals surface area contributed by atoms with E-state index < -0.39 is 5.97 Å². The first-order valence-electron chi connectivity index (χ1n) is 3.95. The molecule has 0 unspecified atom stereocenters. The van der Waals surface area contributed by atoms with Gasteiger partial charge in [-0.1, -0.05) is 11.6 Å². The number of carboxylic acids is 1. The van der Waals surface area contributed by atoms with Gasteiger partial charge in [-0.05, 0) is 30.2 Å². The summed E-state index contributed by atoms with van der Waals surface area (Å²) in [7, 11) is 0. The lowest BCUT2D eigenvalue weighted by Crippen LogP contribution is -2.02. The Balaban J connectivity index is 3.22. The number of carbonyl (C=O) groups is 1. The third-order valence-corrected chi connectivity index (χ3v) is 2.25. The highest BCUT2D eigenvalue weighted by Gasteiger charge is 2.09. The van der Waals surface area contributed by atoms with Gasteiger partial charge >= 0.3 is 5.97 Å². The third kappa shape index (κ3) is 2.24. The Morgan fingerprint density at radius 2 is 2.29 bits per heavy atom. The van der Waals surface area contributed by atoms with Gasteiger partial charge in [-0.3, -0.25) is 4.79 Å². The third-order valence-electron chi connectivity index (χ3n) is 1.85. The Kier molecular flexibility index (Phi) is 3.10. The van der Waals surface area contributed by atoms with Crippen molar-refractivity contribution in [2.24, 2.45) is 0 Å². The Bertz CT molecular complexity index is 421. The maximum atomic E-state index is 10.5. The lowest BCUT2D eigenvalue weighted by Gasteiger charge is -2.04. The predicted molar refractivity (Wildman–Crippen MR) is 52.2 cm³/mol. The van der Waals surface area contributed by atoms with Gasteiger partial charge in [0.25, 0.3) is 0 Å². The van der Waals surface area contributed by atoms with Crippen LogP contribution in [0.15, 0.2) is 12.1 Å². The molecule has 1 rings (SSSR count). The topological polar surface area (TPSA) is 61.1 Å². The average molecular weight is 210 g/mol. The number of hydrogen-bond donors (Lipinski definition) is 1. The number of nitriles is 1. The fourth-order valence-corrected chi connectivity index (χ4v) is 1.32. The summed E-state index contributed by atoms with van der Waals surface area (Å²) in [5.74, 6) is -0.971. The van der Waals surface area contributed by atoms with E-state index in [2.05, 4.69) is 0 Å². The molecule has 3 nitrogen and oxygen atoms in total. The summed E-state index contributed by atoms with van der Waals surface area (Å²) < 4.78 is 0. The molecule has 0 heterocycles. The summed E-state index contributed by atoms with van der Waals surface area (Å²) in [5, 5.41) is 17.8. The molecule has 0 radical (unpaired) electrons. The van der Waals surface area contributed by atoms with E-state index >= 15 is 0 Å². The van der Waals surface area contributed by atoms with E-state index in [9.17, 15) is 4.79 Å². The van der Waals surface area contributed by atoms with Gasteiger partial charge < -0.3 is 5.11 Å². The summed E-state index contributed by atoms with van der Waals surface area (Å²) in [6.45, 7) is 1.77. The highest BCUT2D eigenvalue weighted by molar-refractivity contribution is 6.31. The molecule has 0 aliphatic carbocycles. The van der Waals surface area contributed by atoms with E-state index in [0.29, 0.717) is 16.1 Å². The zero-order valence-electron chi connectivity index (χ0n) is 7.54. The van der Waals surface area contributed by atoms with Crippen molar-refractivity contribution in [3.63, 3.8) is 0 Å². The van der Waals surface area contributed by atoms with E-state index in [-0.39, 0.29) is 6.42 Å². The molecule has 0 saturated heterocycles. The molecule has 4 heteroatoms. The number of aryl methyl sites for hydroxylation is 1. The normalized spacial score (nSPS) is 9.50. The van der Waals surface area contributed by atoms with Crippen molar-refractivity contribution in [2.45, 2.75) is 13.3 Å². The molecule has 0 aromatic heterocycles. The Labute approximate surface area is 86.5 Å². The SMILES string of the molecule is Cc1cc(C#N)c(CC(=O)O)cc1Cl. The number of aliphatic carboxylic acids is 1. The number of carboxylic acid groups (broad SMARTS) is 1. The summed E-state index contributed by atoms with van der Waals surface area (Å²) >= 11 is 5.82. The average Bonchev–Trinajstić information content (AvgIpc) is 2.10. The molecule has 14 heavy (non-hydrogen) atoms. The minimum atomic E-state index is -0.971. The van der Waals surface area contributed by atoms with Crippen LogP contribution < -0.4 is 0 Å². The van der Waals surface area contributed by atoms with E-state index in [0.717, 1.165) is 5.56 Å². The summed E-state index contributed by atoms with van der Waals surface area (Å²) in [4.78, 5) is 10.5. The van der Waals surface area contributed by atoms with Gasteiger partial charge in [0.05, 0.1) is 18.1 Å². The zero-order chi connectivity index (χ0) is 10.7. The highest BCUT2D eigenvalue weighted by Crippen LogP contribution is 2.20. The lowest BCUT2D eigenvalue weighted by molar-refractivity contribution is -0.136. The van der Waals surface area contributed by atoms with Crippen LogP contribution >= 0.6 is 11.6 Å². The van der Waals surface area contributed by atoms with Crippen LogP contribution in [0.4, 0.5) is 0 Å². The van der Waals surface area contributed by atoms with Crippen LogP contribution in [0.2, 0.25) is 5.02 Å². The first-order valence-corrected chi connectivity index (χ1v) is 4.33. The molecular weight excluding hydrogens is 202 g/mol. The van der Waals surface area contributed by atoms with Crippen LogP contribution in [0.1, 0.15) is 16.7 Å². The number of rotatable bonds is 2. The van der Waals surface area contributed by atoms with Gasteiger partial charge in [-0.15, -0.1) is 0 Å². The van der Waals surface area contributed by atoms with Crippen molar-refractivity contribution in [1.29, 1.82) is 5.26 Å². The number of halogens is 1. The first-order chi connectivity index (χ1) is 6.54. The van der Waals surface area contributed by atoms with Crippen molar-refractivity contribution in [3.05, 3.63) is 33.8 Å². The largest absolute Gasteiger partial charge is 0.481 e. The molecule has 0 spiro atoms. The molecule has 0 saturated carbocycles. The molecule has 1 aromatic rings. The van der Waals surface area contributed by atoms with Gasteiger partial charge in [0.2, 0.25) is 0 Å². The van der Waals surface area contributed by atoms with Crippen LogP contribution in [0.3, 0.4) is 0 Å². The molecule has 0 atom stereocenters. The monoisotopic (exact) mass is 209 g/mol. The summed E-state index contributed by atoms with van der Waals surface area (Å²) in [6, 6.07) is 5.08. The highest BCUT2D eigenvalue weighted by atomic mass is 35.5. The Hall–Kier alpha value is -1.53. The maximum absolute atomic E-state index is 10.5. The fourth-order valence-electron chi connectivity index (χ4n) is 1.14. The second-order valence-electron chi connectivity index (χ2n) is 2.94. The molecule has 0 bridgehead atoms. The molecule has 1 N–H and O–H groups in total. The van der Waals surface area contributed by atoms with E-state index in [1.165, 1.54) is 6.07 Å². The molecule has 1 aromatic carbocycles. The van der Waals surface area contributed by atoms with E-state index in [1.807, 2.05) is 6.07 Å². The predicted octanol–water partition coefficient (Wildman–Crippen LogP) is 2.15. The molecule has 0 aliphatic heterocycles. The van der Waals surface area contributed by atoms with Crippen LogP contribution in [0.5, 0.6) is 0 Å². The van der Waals surface area contributed by atoms with Crippen LogP contribution in [-0.4, -0.2) is 11.1 Å². The second kappa shape index (κ2) is 4.12. The van der Waals surface area contributed by atoms with Gasteiger partial charge in [0.15, 0.2) is 0 Å². The summed E-state index contributed by atoms with van der Waals surface area (Å²) in [6.07, 6.45) is -0.178. The van der Waals surface area contributed by atoms with Gasteiger partial charge in [0.1, 0.15) is 0 Å². The van der Waals surface area contributed by atoms with Crippen LogP contribution in [-0.2, 0) is 11.2 Å². The quantitative estimate of drug-likeness (QED) is 0.812. The van der Waals surface area contributed by atoms with E-state index in [4.69, 9.17) is 22.0 Å². The van der Waals surface area contributed by atoms with Gasteiger partial charge in [-0.25, -0.2) is 0 Å². The second-order valence-corrected chi connectivity index (χ2v) is 3.35. The smallest absolute Gasteiger partial charge is 0.307 e. The molecule has 0 amide bonds. The van der Waals surface area contributed by atoms with Crippen molar-refractivity contribution >= 4 is 17.6 Å². The Morgan fingerprint density at radius 1 is 1.64 bits per heavy atom. The van der Waals surface area contributed by atoms with Crippen LogP contribution in [0.25, 0.3) is 0 Å². The first kappa shape index (κ1) is 10.6. The van der Waals surface area contributed by atoms with Crippen molar-refractivity contribution < 1.29 is 9.90 Å². The number of hydrogen-bond acceptors (Lipinski definition) is 2. The minimum absolute atomic E-state index is 0.178. The van der Waals surface area contributed by atoms with Gasteiger partial charge in [0, 0.05) is 5.02 Å².